The number of hydrogen-bond donors (Lipinski definition) is 3. The molecule has 20 heavy (non-hydrogen) atoms. The highest BCUT2D eigenvalue weighted by Crippen LogP contribution is 2.21. The molecule has 2 aromatic rings. The maximum absolute atomic E-state index is 11.9. The minimum absolute atomic E-state index is 0.165. The number of nitrogen functional groups attached to an aromatic ring is 1. The maximum Gasteiger partial charge on any atom is 0.336 e. The van der Waals surface area contributed by atoms with E-state index in [1.54, 1.807) is 25.3 Å². The molecule has 0 radical (unpaired) electrons. The fourth-order valence-electron chi connectivity index (χ4n) is 1.74. The van der Waals surface area contributed by atoms with Crippen molar-refractivity contribution in [3.05, 3.63) is 39.9 Å². The molecule has 2 rings (SSSR count). The van der Waals surface area contributed by atoms with Gasteiger partial charge in [-0.1, -0.05) is 0 Å². The van der Waals surface area contributed by atoms with E-state index in [1.807, 2.05) is 0 Å². The zero-order chi connectivity index (χ0) is 14.9. The second-order valence-corrected chi connectivity index (χ2v) is 5.19. The minimum Gasteiger partial charge on any atom is -0.478 e. The van der Waals surface area contributed by atoms with Gasteiger partial charge in [0.15, 0.2) is 5.13 Å². The van der Waals surface area contributed by atoms with Crippen molar-refractivity contribution in [3.8, 4) is 0 Å². The van der Waals surface area contributed by atoms with Crippen molar-refractivity contribution in [2.24, 2.45) is 0 Å². The highest BCUT2D eigenvalue weighted by Gasteiger charge is 2.14. The number of anilines is 2. The lowest BCUT2D eigenvalue weighted by Gasteiger charge is -2.10. The van der Waals surface area contributed by atoms with E-state index in [1.165, 1.54) is 17.4 Å². The third-order valence-corrected chi connectivity index (χ3v) is 3.58. The Morgan fingerprint density at radius 2 is 2.05 bits per heavy atom. The number of hydrogen-bond acceptors (Lipinski definition) is 5. The van der Waals surface area contributed by atoms with E-state index in [0.29, 0.717) is 16.4 Å². The summed E-state index contributed by atoms with van der Waals surface area (Å²) in [6, 6.07) is 3.15. The first-order chi connectivity index (χ1) is 9.38. The van der Waals surface area contributed by atoms with Crippen molar-refractivity contribution in [2.45, 2.75) is 13.8 Å². The number of nitrogens with one attached hydrogen (secondary N) is 1. The number of aryl methyl sites for hydroxylation is 1. The van der Waals surface area contributed by atoms with E-state index < -0.39 is 11.9 Å². The number of nitrogens with two attached hydrogens (primary N) is 1. The van der Waals surface area contributed by atoms with Crippen molar-refractivity contribution < 1.29 is 14.7 Å². The Bertz CT molecular complexity index is 694. The first-order valence-electron chi connectivity index (χ1n) is 5.75. The fraction of sp³-hybridized carbons (Fsp3) is 0.154. The summed E-state index contributed by atoms with van der Waals surface area (Å²) >= 11 is 1.17. The van der Waals surface area contributed by atoms with Gasteiger partial charge in [0.2, 0.25) is 0 Å². The molecular weight excluding hydrogens is 278 g/mol. The molecule has 0 fully saturated rings. The largest absolute Gasteiger partial charge is 0.478 e. The molecule has 0 aliphatic heterocycles. The smallest absolute Gasteiger partial charge is 0.336 e. The van der Waals surface area contributed by atoms with E-state index in [-0.39, 0.29) is 11.3 Å². The molecule has 1 amide bonds. The van der Waals surface area contributed by atoms with Crippen LogP contribution in [0.5, 0.6) is 0 Å². The number of carboxylic acid groups (broad SMARTS) is 1. The van der Waals surface area contributed by atoms with E-state index in [0.717, 1.165) is 5.56 Å². The molecule has 0 atom stereocenters. The highest BCUT2D eigenvalue weighted by atomic mass is 32.1. The first kappa shape index (κ1) is 14.0. The number of amides is 1. The molecule has 1 aromatic heterocycles. The number of thiazole rings is 1. The predicted octanol–water partition coefficient (Wildman–Crippen LogP) is 2.29. The summed E-state index contributed by atoms with van der Waals surface area (Å²) in [7, 11) is 0. The Morgan fingerprint density at radius 3 is 2.60 bits per heavy atom. The average Bonchev–Trinajstić information content (AvgIpc) is 2.80. The number of aromatic nitrogens is 1. The third-order valence-electron chi connectivity index (χ3n) is 2.91. The van der Waals surface area contributed by atoms with Gasteiger partial charge in [-0.15, -0.1) is 11.3 Å². The van der Waals surface area contributed by atoms with E-state index >= 15 is 0 Å². The van der Waals surface area contributed by atoms with Crippen LogP contribution in [-0.2, 0) is 0 Å². The van der Waals surface area contributed by atoms with Crippen molar-refractivity contribution in [2.75, 3.05) is 11.1 Å². The summed E-state index contributed by atoms with van der Waals surface area (Å²) in [5, 5.41) is 13.6. The molecule has 4 N–H and O–H groups in total. The van der Waals surface area contributed by atoms with Crippen LogP contribution in [0.1, 0.15) is 32.0 Å². The van der Waals surface area contributed by atoms with Crippen LogP contribution in [0.4, 0.5) is 10.8 Å². The molecule has 0 bridgehead atoms. The van der Waals surface area contributed by atoms with Crippen LogP contribution < -0.4 is 11.1 Å². The number of benzene rings is 1. The van der Waals surface area contributed by atoms with Crippen LogP contribution >= 0.6 is 11.3 Å². The summed E-state index contributed by atoms with van der Waals surface area (Å²) in [5.74, 6) is -1.45. The topological polar surface area (TPSA) is 105 Å². The number of carbonyl (C=O) groups excluding carboxylic acids is 1. The van der Waals surface area contributed by atoms with Crippen LogP contribution in [-0.4, -0.2) is 22.0 Å². The van der Waals surface area contributed by atoms with Gasteiger partial charge in [-0.3, -0.25) is 4.79 Å². The van der Waals surface area contributed by atoms with Gasteiger partial charge in [0.1, 0.15) is 5.69 Å². The average molecular weight is 291 g/mol. The van der Waals surface area contributed by atoms with E-state index in [9.17, 15) is 9.59 Å². The van der Waals surface area contributed by atoms with Gasteiger partial charge in [0, 0.05) is 11.1 Å². The van der Waals surface area contributed by atoms with E-state index in [4.69, 9.17) is 10.8 Å². The predicted molar refractivity (Wildman–Crippen MR) is 77.4 cm³/mol. The molecule has 104 valence electrons. The highest BCUT2D eigenvalue weighted by molar-refractivity contribution is 7.13. The number of carboxylic acids is 1. The molecule has 0 saturated carbocycles. The maximum atomic E-state index is 11.9. The molecule has 0 unspecified atom stereocenters. The Hall–Kier alpha value is -2.41. The molecule has 6 nitrogen and oxygen atoms in total. The second-order valence-electron chi connectivity index (χ2n) is 4.30. The van der Waals surface area contributed by atoms with Crippen LogP contribution in [0.2, 0.25) is 0 Å². The van der Waals surface area contributed by atoms with Crippen LogP contribution in [0.3, 0.4) is 0 Å². The summed E-state index contributed by atoms with van der Waals surface area (Å²) in [5.41, 5.74) is 7.73. The number of carbonyl (C=O) groups is 2. The van der Waals surface area contributed by atoms with Crippen LogP contribution in [0, 0.1) is 13.8 Å². The van der Waals surface area contributed by atoms with Crippen molar-refractivity contribution in [1.82, 2.24) is 4.98 Å². The quantitative estimate of drug-likeness (QED) is 0.804. The van der Waals surface area contributed by atoms with Gasteiger partial charge in [0.05, 0.1) is 5.56 Å². The molecule has 1 aromatic carbocycles. The van der Waals surface area contributed by atoms with Crippen molar-refractivity contribution in [1.29, 1.82) is 0 Å². The molecule has 0 saturated heterocycles. The number of rotatable bonds is 3. The normalized spacial score (nSPS) is 10.3. The third kappa shape index (κ3) is 2.77. The Labute approximate surface area is 119 Å². The number of aromatic carboxylic acids is 1. The summed E-state index contributed by atoms with van der Waals surface area (Å²) in [4.78, 5) is 27.0. The zero-order valence-corrected chi connectivity index (χ0v) is 11.7. The van der Waals surface area contributed by atoms with Gasteiger partial charge in [0.25, 0.3) is 5.91 Å². The molecule has 0 aliphatic rings. The standard InChI is InChI=1S/C13H13N3O3S/c1-6-3-8(4-9(7(6)2)12(18)19)15-11(17)10-5-20-13(14)16-10/h3-5H,1-2H3,(H2,14,16)(H,15,17)(H,18,19). The molecule has 0 spiro atoms. The number of nitrogens with zero attached hydrogens (tertiary/aromatic N) is 1. The van der Waals surface area contributed by atoms with Gasteiger partial charge in [-0.25, -0.2) is 9.78 Å². The minimum atomic E-state index is -1.03. The summed E-state index contributed by atoms with van der Waals surface area (Å²) in [6.07, 6.45) is 0. The Kier molecular flexibility index (Phi) is 3.71. The lowest BCUT2D eigenvalue weighted by molar-refractivity contribution is 0.0695. The SMILES string of the molecule is Cc1cc(NC(=O)c2csc(N)n2)cc(C(=O)O)c1C. The van der Waals surface area contributed by atoms with Crippen molar-refractivity contribution >= 4 is 34.0 Å². The fourth-order valence-corrected chi connectivity index (χ4v) is 2.28. The lowest BCUT2D eigenvalue weighted by Crippen LogP contribution is -2.13. The van der Waals surface area contributed by atoms with Gasteiger partial charge in [-0.2, -0.15) is 0 Å². The van der Waals surface area contributed by atoms with Crippen LogP contribution in [0.25, 0.3) is 0 Å². The lowest BCUT2D eigenvalue weighted by atomic mass is 10.0. The molecule has 0 aliphatic carbocycles. The van der Waals surface area contributed by atoms with Crippen molar-refractivity contribution in [3.63, 3.8) is 0 Å². The van der Waals surface area contributed by atoms with Gasteiger partial charge in [-0.05, 0) is 37.1 Å². The van der Waals surface area contributed by atoms with E-state index in [2.05, 4.69) is 10.3 Å². The van der Waals surface area contributed by atoms with Crippen LogP contribution in [0.15, 0.2) is 17.5 Å². The Balaban J connectivity index is 2.30. The summed E-state index contributed by atoms with van der Waals surface area (Å²) in [6.45, 7) is 3.52. The zero-order valence-electron chi connectivity index (χ0n) is 10.9. The second kappa shape index (κ2) is 5.30. The molecular formula is C13H13N3O3S. The first-order valence-corrected chi connectivity index (χ1v) is 6.63. The Morgan fingerprint density at radius 1 is 1.35 bits per heavy atom. The monoisotopic (exact) mass is 291 g/mol. The molecule has 7 heteroatoms. The van der Waals surface area contributed by atoms with Gasteiger partial charge < -0.3 is 16.2 Å². The summed E-state index contributed by atoms with van der Waals surface area (Å²) < 4.78 is 0. The molecule has 1 heterocycles. The van der Waals surface area contributed by atoms with Gasteiger partial charge >= 0.3 is 5.97 Å².